The topological polar surface area (TPSA) is 87.2 Å². The van der Waals surface area contributed by atoms with Gasteiger partial charge in [-0.25, -0.2) is 4.98 Å². The molecule has 1 fully saturated rings. The summed E-state index contributed by atoms with van der Waals surface area (Å²) < 4.78 is 5.00. The first-order valence-electron chi connectivity index (χ1n) is 6.22. The van der Waals surface area contributed by atoms with Crippen LogP contribution in [0.3, 0.4) is 0 Å². The minimum Gasteiger partial charge on any atom is -0.489 e. The van der Waals surface area contributed by atoms with E-state index in [4.69, 9.17) is 4.74 Å². The Bertz CT molecular complexity index is 452. The molecule has 6 heteroatoms. The Hall–Kier alpha value is -1.56. The second-order valence-electron chi connectivity index (χ2n) is 4.75. The molecule has 0 aromatic carbocycles. The Morgan fingerprint density at radius 1 is 1.50 bits per heavy atom. The summed E-state index contributed by atoms with van der Waals surface area (Å²) in [6.45, 7) is 0.389. The van der Waals surface area contributed by atoms with E-state index in [1.165, 1.54) is 19.9 Å². The fourth-order valence-electron chi connectivity index (χ4n) is 2.34. The van der Waals surface area contributed by atoms with Gasteiger partial charge >= 0.3 is 0 Å². The molecule has 0 atom stereocenters. The fraction of sp³-hybridized carbons (Fsp3) is 0.667. The maximum atomic E-state index is 11.5. The monoisotopic (exact) mass is 253 g/mol. The van der Waals surface area contributed by atoms with Crippen molar-refractivity contribution in [2.24, 2.45) is 0 Å². The average Bonchev–Trinajstić information content (AvgIpc) is 2.37. The normalized spacial score (nSPS) is 18.3. The zero-order valence-electron chi connectivity index (χ0n) is 10.5. The maximum absolute atomic E-state index is 11.5. The van der Waals surface area contributed by atoms with Crippen molar-refractivity contribution in [3.8, 4) is 5.75 Å². The number of ether oxygens (including phenoxy) is 1. The van der Waals surface area contributed by atoms with Gasteiger partial charge in [-0.05, 0) is 12.8 Å². The van der Waals surface area contributed by atoms with Gasteiger partial charge in [0.1, 0.15) is 0 Å². The highest BCUT2D eigenvalue weighted by molar-refractivity contribution is 5.48. The van der Waals surface area contributed by atoms with Crippen LogP contribution in [0, 0.1) is 0 Å². The molecule has 0 saturated heterocycles. The zero-order chi connectivity index (χ0) is 13.0. The minimum absolute atomic E-state index is 0.150. The molecule has 6 nitrogen and oxygen atoms in total. The van der Waals surface area contributed by atoms with E-state index in [2.05, 4.69) is 15.3 Å². The van der Waals surface area contributed by atoms with Crippen molar-refractivity contribution in [1.82, 2.24) is 9.97 Å². The Balaban J connectivity index is 2.06. The van der Waals surface area contributed by atoms with Crippen molar-refractivity contribution in [3.63, 3.8) is 0 Å². The second kappa shape index (κ2) is 5.39. The van der Waals surface area contributed by atoms with E-state index in [0.29, 0.717) is 12.4 Å². The summed E-state index contributed by atoms with van der Waals surface area (Å²) in [6, 6.07) is 0. The number of anilines is 1. The molecule has 1 aromatic rings. The number of hydrogen-bond acceptors (Lipinski definition) is 5. The van der Waals surface area contributed by atoms with E-state index in [0.717, 1.165) is 25.7 Å². The van der Waals surface area contributed by atoms with E-state index >= 15 is 0 Å². The molecule has 0 unspecified atom stereocenters. The van der Waals surface area contributed by atoms with Gasteiger partial charge in [-0.3, -0.25) is 4.79 Å². The molecule has 1 saturated carbocycles. The van der Waals surface area contributed by atoms with Crippen LogP contribution in [-0.2, 0) is 0 Å². The predicted octanol–water partition coefficient (Wildman–Crippen LogP) is 0.886. The van der Waals surface area contributed by atoms with Crippen LogP contribution in [0.25, 0.3) is 0 Å². The molecule has 0 radical (unpaired) electrons. The van der Waals surface area contributed by atoms with E-state index in [-0.39, 0.29) is 11.3 Å². The molecule has 0 spiro atoms. The summed E-state index contributed by atoms with van der Waals surface area (Å²) in [5.41, 5.74) is -1.03. The number of H-pyrrole nitrogens is 1. The fourth-order valence-corrected chi connectivity index (χ4v) is 2.34. The molecule has 0 amide bonds. The lowest BCUT2D eigenvalue weighted by Gasteiger charge is -2.32. The van der Waals surface area contributed by atoms with Gasteiger partial charge in [0.25, 0.3) is 5.56 Å². The molecule has 18 heavy (non-hydrogen) atoms. The van der Waals surface area contributed by atoms with Gasteiger partial charge in [0.05, 0.1) is 19.0 Å². The van der Waals surface area contributed by atoms with E-state index in [9.17, 15) is 9.90 Å². The maximum Gasteiger partial charge on any atom is 0.295 e. The smallest absolute Gasteiger partial charge is 0.295 e. The lowest BCUT2D eigenvalue weighted by Crippen LogP contribution is -2.39. The number of nitrogens with zero attached hydrogens (tertiary/aromatic N) is 1. The number of methoxy groups -OCH3 is 1. The quantitative estimate of drug-likeness (QED) is 0.741. The largest absolute Gasteiger partial charge is 0.489 e. The van der Waals surface area contributed by atoms with Crippen molar-refractivity contribution in [3.05, 3.63) is 16.7 Å². The van der Waals surface area contributed by atoms with Gasteiger partial charge in [-0.2, -0.15) is 0 Å². The molecular formula is C12H19N3O3. The van der Waals surface area contributed by atoms with Crippen LogP contribution < -0.4 is 15.6 Å². The predicted molar refractivity (Wildman–Crippen MR) is 67.9 cm³/mol. The number of aliphatic hydroxyl groups is 1. The molecule has 100 valence electrons. The van der Waals surface area contributed by atoms with Gasteiger partial charge < -0.3 is 20.1 Å². The summed E-state index contributed by atoms with van der Waals surface area (Å²) >= 11 is 0. The first kappa shape index (κ1) is 12.9. The highest BCUT2D eigenvalue weighted by Gasteiger charge is 2.29. The van der Waals surface area contributed by atoms with Crippen LogP contribution in [0.4, 0.5) is 5.82 Å². The Kier molecular flexibility index (Phi) is 3.86. The van der Waals surface area contributed by atoms with Crippen LogP contribution in [0.1, 0.15) is 32.1 Å². The Morgan fingerprint density at radius 2 is 2.22 bits per heavy atom. The standard InChI is InChI=1S/C12H19N3O3/c1-18-9-10(14-8-15-11(9)16)13-7-12(17)5-3-2-4-6-12/h8,17H,2-7H2,1H3,(H2,13,14,15,16). The van der Waals surface area contributed by atoms with E-state index < -0.39 is 5.60 Å². The molecule has 3 N–H and O–H groups in total. The summed E-state index contributed by atoms with van der Waals surface area (Å²) in [4.78, 5) is 17.9. The molecular weight excluding hydrogens is 234 g/mol. The summed E-state index contributed by atoms with van der Waals surface area (Å²) in [6.07, 6.45) is 6.14. The summed E-state index contributed by atoms with van der Waals surface area (Å²) in [5.74, 6) is 0.525. The average molecular weight is 253 g/mol. The van der Waals surface area contributed by atoms with Crippen molar-refractivity contribution in [2.45, 2.75) is 37.7 Å². The van der Waals surface area contributed by atoms with Gasteiger partial charge in [0.2, 0.25) is 5.75 Å². The molecule has 2 rings (SSSR count). The van der Waals surface area contributed by atoms with Crippen LogP contribution in [0.5, 0.6) is 5.75 Å². The number of nitrogens with one attached hydrogen (secondary N) is 2. The van der Waals surface area contributed by atoms with Crippen LogP contribution in [0.2, 0.25) is 0 Å². The van der Waals surface area contributed by atoms with Gasteiger partial charge in [-0.1, -0.05) is 19.3 Å². The Labute approximate surface area is 105 Å². The molecule has 0 aliphatic heterocycles. The van der Waals surface area contributed by atoms with Gasteiger partial charge in [0, 0.05) is 6.54 Å². The van der Waals surface area contributed by atoms with Crippen LogP contribution in [-0.4, -0.2) is 34.3 Å². The third kappa shape index (κ3) is 2.81. The molecule has 0 bridgehead atoms. The molecule has 1 aromatic heterocycles. The number of aromatic nitrogens is 2. The van der Waals surface area contributed by atoms with Crippen LogP contribution >= 0.6 is 0 Å². The van der Waals surface area contributed by atoms with Crippen LogP contribution in [0.15, 0.2) is 11.1 Å². The molecule has 1 aliphatic carbocycles. The summed E-state index contributed by atoms with van der Waals surface area (Å²) in [7, 11) is 1.42. The van der Waals surface area contributed by atoms with Crippen molar-refractivity contribution in [2.75, 3.05) is 19.0 Å². The lowest BCUT2D eigenvalue weighted by atomic mass is 9.85. The van der Waals surface area contributed by atoms with Gasteiger partial charge in [0.15, 0.2) is 5.82 Å². The number of aromatic amines is 1. The highest BCUT2D eigenvalue weighted by Crippen LogP contribution is 2.28. The number of hydrogen-bond donors (Lipinski definition) is 3. The van der Waals surface area contributed by atoms with E-state index in [1.807, 2.05) is 0 Å². The van der Waals surface area contributed by atoms with Crippen molar-refractivity contribution < 1.29 is 9.84 Å². The Morgan fingerprint density at radius 3 is 2.89 bits per heavy atom. The zero-order valence-corrected chi connectivity index (χ0v) is 10.5. The summed E-state index contributed by atoms with van der Waals surface area (Å²) in [5, 5.41) is 13.4. The van der Waals surface area contributed by atoms with Gasteiger partial charge in [-0.15, -0.1) is 0 Å². The highest BCUT2D eigenvalue weighted by atomic mass is 16.5. The first-order valence-corrected chi connectivity index (χ1v) is 6.22. The second-order valence-corrected chi connectivity index (χ2v) is 4.75. The molecule has 1 heterocycles. The number of rotatable bonds is 4. The molecule has 1 aliphatic rings. The SMILES string of the molecule is COc1c(NCC2(O)CCCCC2)nc[nH]c1=O. The third-order valence-electron chi connectivity index (χ3n) is 3.38. The van der Waals surface area contributed by atoms with Crippen molar-refractivity contribution >= 4 is 5.82 Å². The lowest BCUT2D eigenvalue weighted by molar-refractivity contribution is 0.0166. The minimum atomic E-state index is -0.701. The van der Waals surface area contributed by atoms with Crippen molar-refractivity contribution in [1.29, 1.82) is 0 Å². The third-order valence-corrected chi connectivity index (χ3v) is 3.38. The van der Waals surface area contributed by atoms with E-state index in [1.54, 1.807) is 0 Å². The first-order chi connectivity index (χ1) is 8.64.